The summed E-state index contributed by atoms with van der Waals surface area (Å²) in [7, 11) is 0. The van der Waals surface area contributed by atoms with Crippen LogP contribution in [0.25, 0.3) is 0 Å². The molecule has 78 valence electrons. The van der Waals surface area contributed by atoms with E-state index in [9.17, 15) is 0 Å². The van der Waals surface area contributed by atoms with Gasteiger partial charge in [-0.3, -0.25) is 0 Å². The molecule has 0 unspecified atom stereocenters. The first kappa shape index (κ1) is 9.71. The molecule has 0 atom stereocenters. The highest BCUT2D eigenvalue weighted by atomic mass is 16.3. The maximum absolute atomic E-state index is 5.61. The second-order valence-corrected chi connectivity index (χ2v) is 4.32. The number of oxazole rings is 1. The van der Waals surface area contributed by atoms with Gasteiger partial charge in [0.1, 0.15) is 5.76 Å². The Balaban J connectivity index is 2.08. The summed E-state index contributed by atoms with van der Waals surface area (Å²) < 4.78 is 5.44. The van der Waals surface area contributed by atoms with Crippen molar-refractivity contribution in [1.29, 1.82) is 0 Å². The fourth-order valence-corrected chi connectivity index (χ4v) is 2.29. The van der Waals surface area contributed by atoms with Crippen LogP contribution in [0.3, 0.4) is 0 Å². The van der Waals surface area contributed by atoms with Gasteiger partial charge >= 0.3 is 0 Å². The van der Waals surface area contributed by atoms with E-state index >= 15 is 0 Å². The number of nitrogens with zero attached hydrogens (tertiary/aromatic N) is 1. The van der Waals surface area contributed by atoms with Crippen molar-refractivity contribution in [1.82, 2.24) is 4.98 Å². The van der Waals surface area contributed by atoms with E-state index in [2.05, 4.69) is 11.9 Å². The highest BCUT2D eigenvalue weighted by molar-refractivity contribution is 5.13. The predicted molar refractivity (Wildman–Crippen MR) is 54.8 cm³/mol. The van der Waals surface area contributed by atoms with E-state index in [4.69, 9.17) is 10.2 Å². The molecule has 1 aromatic rings. The number of rotatable bonds is 2. The fourth-order valence-electron chi connectivity index (χ4n) is 2.29. The van der Waals surface area contributed by atoms with E-state index in [1.54, 1.807) is 0 Å². The summed E-state index contributed by atoms with van der Waals surface area (Å²) in [6.45, 7) is 2.82. The molecule has 0 radical (unpaired) electrons. The number of aromatic nitrogens is 1. The summed E-state index contributed by atoms with van der Waals surface area (Å²) in [5, 5.41) is 0. The molecule has 1 heterocycles. The Morgan fingerprint density at radius 1 is 1.43 bits per heavy atom. The molecule has 0 spiro atoms. The van der Waals surface area contributed by atoms with E-state index in [1.807, 2.05) is 0 Å². The van der Waals surface area contributed by atoms with Gasteiger partial charge in [-0.25, -0.2) is 4.98 Å². The van der Waals surface area contributed by atoms with Crippen LogP contribution in [0.2, 0.25) is 0 Å². The van der Waals surface area contributed by atoms with Crippen molar-refractivity contribution < 1.29 is 4.42 Å². The Bertz CT molecular complexity index is 287. The first-order valence-electron chi connectivity index (χ1n) is 5.43. The Morgan fingerprint density at radius 3 is 2.79 bits per heavy atom. The summed E-state index contributed by atoms with van der Waals surface area (Å²) in [5.74, 6) is 2.47. The van der Waals surface area contributed by atoms with Gasteiger partial charge in [0.15, 0.2) is 6.39 Å². The average Bonchev–Trinajstić information content (AvgIpc) is 2.67. The van der Waals surface area contributed by atoms with Gasteiger partial charge in [-0.1, -0.05) is 19.8 Å². The molecule has 2 rings (SSSR count). The van der Waals surface area contributed by atoms with Crippen molar-refractivity contribution >= 4 is 0 Å². The molecule has 2 N–H and O–H groups in total. The SMILES string of the molecule is CC1CCC(c2ocnc2CN)CC1. The summed E-state index contributed by atoms with van der Waals surface area (Å²) in [6.07, 6.45) is 6.58. The van der Waals surface area contributed by atoms with Crippen LogP contribution in [0, 0.1) is 5.92 Å². The molecule has 1 fully saturated rings. The molecule has 0 aromatic carbocycles. The van der Waals surface area contributed by atoms with Crippen LogP contribution in [0.4, 0.5) is 0 Å². The number of hydrogen-bond acceptors (Lipinski definition) is 3. The van der Waals surface area contributed by atoms with Gasteiger partial charge in [0, 0.05) is 12.5 Å². The predicted octanol–water partition coefficient (Wildman–Crippen LogP) is 2.43. The minimum absolute atomic E-state index is 0.498. The van der Waals surface area contributed by atoms with Crippen molar-refractivity contribution in [2.45, 2.75) is 45.1 Å². The van der Waals surface area contributed by atoms with Crippen molar-refractivity contribution in [3.63, 3.8) is 0 Å². The molecule has 1 aliphatic rings. The molecule has 3 nitrogen and oxygen atoms in total. The van der Waals surface area contributed by atoms with Gasteiger partial charge in [-0.2, -0.15) is 0 Å². The average molecular weight is 194 g/mol. The molecule has 14 heavy (non-hydrogen) atoms. The molecule has 1 saturated carbocycles. The van der Waals surface area contributed by atoms with Gasteiger partial charge in [0.05, 0.1) is 5.69 Å². The van der Waals surface area contributed by atoms with E-state index in [0.717, 1.165) is 17.4 Å². The molecule has 1 aliphatic carbocycles. The van der Waals surface area contributed by atoms with Gasteiger partial charge in [-0.15, -0.1) is 0 Å². The normalized spacial score (nSPS) is 27.9. The van der Waals surface area contributed by atoms with E-state index in [-0.39, 0.29) is 0 Å². The Hall–Kier alpha value is -0.830. The fraction of sp³-hybridized carbons (Fsp3) is 0.727. The quantitative estimate of drug-likeness (QED) is 0.786. The van der Waals surface area contributed by atoms with Crippen LogP contribution < -0.4 is 5.73 Å². The first-order chi connectivity index (χ1) is 6.81. The van der Waals surface area contributed by atoms with Crippen LogP contribution in [0.15, 0.2) is 10.8 Å². The van der Waals surface area contributed by atoms with Crippen LogP contribution in [-0.2, 0) is 6.54 Å². The second-order valence-electron chi connectivity index (χ2n) is 4.32. The lowest BCUT2D eigenvalue weighted by Gasteiger charge is -2.24. The van der Waals surface area contributed by atoms with Crippen molar-refractivity contribution in [2.24, 2.45) is 11.7 Å². The molecule has 0 amide bonds. The van der Waals surface area contributed by atoms with Crippen molar-refractivity contribution in [3.05, 3.63) is 17.8 Å². The van der Waals surface area contributed by atoms with E-state index < -0.39 is 0 Å². The van der Waals surface area contributed by atoms with Gasteiger partial charge < -0.3 is 10.2 Å². The topological polar surface area (TPSA) is 52.0 Å². The maximum Gasteiger partial charge on any atom is 0.181 e. The lowest BCUT2D eigenvalue weighted by atomic mass is 9.81. The minimum Gasteiger partial charge on any atom is -0.448 e. The van der Waals surface area contributed by atoms with Crippen LogP contribution in [0.1, 0.15) is 50.0 Å². The monoisotopic (exact) mass is 194 g/mol. The lowest BCUT2D eigenvalue weighted by molar-refractivity contribution is 0.312. The summed E-state index contributed by atoms with van der Waals surface area (Å²) in [5.41, 5.74) is 6.56. The number of nitrogens with two attached hydrogens (primary N) is 1. The van der Waals surface area contributed by atoms with Crippen LogP contribution in [-0.4, -0.2) is 4.98 Å². The third-order valence-corrected chi connectivity index (χ3v) is 3.25. The zero-order valence-electron chi connectivity index (χ0n) is 8.70. The molecule has 0 saturated heterocycles. The van der Waals surface area contributed by atoms with Gasteiger partial charge in [0.2, 0.25) is 0 Å². The zero-order valence-corrected chi connectivity index (χ0v) is 8.70. The highest BCUT2D eigenvalue weighted by Gasteiger charge is 2.24. The summed E-state index contributed by atoms with van der Waals surface area (Å²) in [4.78, 5) is 4.14. The summed E-state index contributed by atoms with van der Waals surface area (Å²) >= 11 is 0. The van der Waals surface area contributed by atoms with Gasteiger partial charge in [-0.05, 0) is 18.8 Å². The minimum atomic E-state index is 0.498. The van der Waals surface area contributed by atoms with Crippen LogP contribution >= 0.6 is 0 Å². The smallest absolute Gasteiger partial charge is 0.181 e. The standard InChI is InChI=1S/C11H18N2O/c1-8-2-4-9(5-3-8)11-10(6-12)13-7-14-11/h7-9H,2-6,12H2,1H3. The summed E-state index contributed by atoms with van der Waals surface area (Å²) in [6, 6.07) is 0. The van der Waals surface area contributed by atoms with Crippen LogP contribution in [0.5, 0.6) is 0 Å². The number of hydrogen-bond donors (Lipinski definition) is 1. The van der Waals surface area contributed by atoms with Crippen molar-refractivity contribution in [2.75, 3.05) is 0 Å². The highest BCUT2D eigenvalue weighted by Crippen LogP contribution is 2.36. The largest absolute Gasteiger partial charge is 0.448 e. The maximum atomic E-state index is 5.61. The third-order valence-electron chi connectivity index (χ3n) is 3.25. The molecular weight excluding hydrogens is 176 g/mol. The molecule has 1 aromatic heterocycles. The third kappa shape index (κ3) is 1.82. The molecule has 0 bridgehead atoms. The lowest BCUT2D eigenvalue weighted by Crippen LogP contribution is -2.12. The molecule has 3 heteroatoms. The second kappa shape index (κ2) is 4.13. The molecule has 0 aliphatic heterocycles. The van der Waals surface area contributed by atoms with Gasteiger partial charge in [0.25, 0.3) is 0 Å². The Morgan fingerprint density at radius 2 is 2.14 bits per heavy atom. The molecular formula is C11H18N2O. The van der Waals surface area contributed by atoms with Crippen molar-refractivity contribution in [3.8, 4) is 0 Å². The van der Waals surface area contributed by atoms with E-state index in [1.165, 1.54) is 32.1 Å². The van der Waals surface area contributed by atoms with E-state index in [0.29, 0.717) is 12.5 Å². The zero-order chi connectivity index (χ0) is 9.97. The Kier molecular flexibility index (Phi) is 2.87. The Labute approximate surface area is 84.7 Å². The first-order valence-corrected chi connectivity index (χ1v) is 5.43.